The van der Waals surface area contributed by atoms with E-state index >= 15 is 0 Å². The number of amides is 1. The van der Waals surface area contributed by atoms with E-state index in [0.717, 1.165) is 10.6 Å². The summed E-state index contributed by atoms with van der Waals surface area (Å²) in [5.41, 5.74) is 1.80. The molecule has 0 saturated carbocycles. The van der Waals surface area contributed by atoms with Gasteiger partial charge in [0, 0.05) is 35.6 Å². The molecule has 1 saturated heterocycles. The molecular formula is C21H21ClN4O3S2. The Bertz CT molecular complexity index is 1190. The van der Waals surface area contributed by atoms with Crippen LogP contribution < -0.4 is 5.32 Å². The summed E-state index contributed by atoms with van der Waals surface area (Å²) >= 11 is 7.55. The second-order valence-electron chi connectivity index (χ2n) is 7.36. The highest BCUT2D eigenvalue weighted by molar-refractivity contribution is 7.89. The minimum absolute atomic E-state index is 0.123. The fraction of sp³-hybridized carbons (Fsp3) is 0.286. The van der Waals surface area contributed by atoms with Gasteiger partial charge in [0.1, 0.15) is 5.69 Å². The van der Waals surface area contributed by atoms with Crippen molar-refractivity contribution in [1.29, 1.82) is 0 Å². The summed E-state index contributed by atoms with van der Waals surface area (Å²) in [7, 11) is -3.59. The smallest absolute Gasteiger partial charge is 0.275 e. The lowest BCUT2D eigenvalue weighted by Crippen LogP contribution is -2.37. The maximum Gasteiger partial charge on any atom is 0.275 e. The molecule has 0 atom stereocenters. The van der Waals surface area contributed by atoms with Gasteiger partial charge in [-0.05, 0) is 49.6 Å². The first-order valence-electron chi connectivity index (χ1n) is 9.77. The Morgan fingerprint density at radius 3 is 2.71 bits per heavy atom. The number of hydrogen-bond acceptors (Lipinski definition) is 6. The molecule has 10 heteroatoms. The molecule has 1 N–H and O–H groups in total. The van der Waals surface area contributed by atoms with Gasteiger partial charge >= 0.3 is 0 Å². The number of aryl methyl sites for hydroxylation is 1. The zero-order valence-electron chi connectivity index (χ0n) is 16.8. The van der Waals surface area contributed by atoms with Crippen LogP contribution in [0.4, 0.5) is 5.69 Å². The summed E-state index contributed by atoms with van der Waals surface area (Å²) in [6.45, 7) is 2.63. The topological polar surface area (TPSA) is 92.3 Å². The lowest BCUT2D eigenvalue weighted by atomic mass is 9.99. The van der Waals surface area contributed by atoms with Gasteiger partial charge in [0.15, 0.2) is 0 Å². The number of nitrogens with one attached hydrogen (secondary N) is 1. The highest BCUT2D eigenvalue weighted by Gasteiger charge is 2.31. The molecule has 0 unspecified atom stereocenters. The number of halogens is 1. The summed E-state index contributed by atoms with van der Waals surface area (Å²) in [5.74, 6) is -0.162. The molecule has 3 aromatic rings. The number of anilines is 1. The molecule has 1 aromatic carbocycles. The molecule has 1 fully saturated rings. The first-order valence-corrected chi connectivity index (χ1v) is 12.5. The van der Waals surface area contributed by atoms with Gasteiger partial charge in [0.25, 0.3) is 5.91 Å². The Balaban J connectivity index is 1.40. The average molecular weight is 477 g/mol. The highest BCUT2D eigenvalue weighted by Crippen LogP contribution is 2.33. The van der Waals surface area contributed by atoms with Crippen molar-refractivity contribution in [2.24, 2.45) is 0 Å². The molecule has 4 rings (SSSR count). The van der Waals surface area contributed by atoms with Crippen molar-refractivity contribution in [2.45, 2.75) is 30.6 Å². The lowest BCUT2D eigenvalue weighted by Gasteiger charge is -2.30. The van der Waals surface area contributed by atoms with Gasteiger partial charge in [-0.15, -0.1) is 11.3 Å². The van der Waals surface area contributed by atoms with E-state index in [1.165, 1.54) is 21.7 Å². The number of pyridine rings is 1. The highest BCUT2D eigenvalue weighted by atomic mass is 35.5. The van der Waals surface area contributed by atoms with Crippen LogP contribution in [0, 0.1) is 6.92 Å². The van der Waals surface area contributed by atoms with Crippen LogP contribution >= 0.6 is 22.9 Å². The zero-order valence-corrected chi connectivity index (χ0v) is 19.2. The van der Waals surface area contributed by atoms with E-state index in [1.54, 1.807) is 42.0 Å². The molecule has 0 radical (unpaired) electrons. The molecule has 1 aliphatic rings. The Morgan fingerprint density at radius 1 is 1.26 bits per heavy atom. The quantitative estimate of drug-likeness (QED) is 0.592. The monoisotopic (exact) mass is 476 g/mol. The minimum atomic E-state index is -3.59. The van der Waals surface area contributed by atoms with Gasteiger partial charge in [-0.25, -0.2) is 13.4 Å². The first-order chi connectivity index (χ1) is 14.8. The Hall–Kier alpha value is -2.33. The zero-order chi connectivity index (χ0) is 22.0. The van der Waals surface area contributed by atoms with E-state index in [0.29, 0.717) is 42.3 Å². The molecule has 0 aliphatic carbocycles. The van der Waals surface area contributed by atoms with Gasteiger partial charge in [-0.1, -0.05) is 17.7 Å². The fourth-order valence-electron chi connectivity index (χ4n) is 3.44. The normalized spacial score (nSPS) is 15.7. The lowest BCUT2D eigenvalue weighted by molar-refractivity contribution is 0.102. The van der Waals surface area contributed by atoms with Crippen LogP contribution in [-0.2, 0) is 10.0 Å². The molecule has 1 amide bonds. The van der Waals surface area contributed by atoms with Gasteiger partial charge in [-0.2, -0.15) is 4.31 Å². The van der Waals surface area contributed by atoms with E-state index in [4.69, 9.17) is 11.6 Å². The Labute approximate surface area is 190 Å². The number of piperidine rings is 1. The van der Waals surface area contributed by atoms with Crippen molar-refractivity contribution < 1.29 is 13.2 Å². The van der Waals surface area contributed by atoms with Crippen molar-refractivity contribution in [3.63, 3.8) is 0 Å². The predicted octanol–water partition coefficient (Wildman–Crippen LogP) is 4.32. The third kappa shape index (κ3) is 4.79. The van der Waals surface area contributed by atoms with Crippen molar-refractivity contribution in [2.75, 3.05) is 18.4 Å². The first kappa shape index (κ1) is 21.9. The average Bonchev–Trinajstić information content (AvgIpc) is 3.27. The van der Waals surface area contributed by atoms with Crippen LogP contribution in [0.5, 0.6) is 0 Å². The number of benzene rings is 1. The summed E-state index contributed by atoms with van der Waals surface area (Å²) < 4.78 is 27.4. The van der Waals surface area contributed by atoms with Crippen LogP contribution in [0.2, 0.25) is 5.02 Å². The van der Waals surface area contributed by atoms with Crippen molar-refractivity contribution in [3.8, 4) is 0 Å². The molecule has 7 nitrogen and oxygen atoms in total. The maximum absolute atomic E-state index is 13.0. The largest absolute Gasteiger partial charge is 0.319 e. The van der Waals surface area contributed by atoms with Gasteiger partial charge in [0.05, 0.1) is 21.8 Å². The SMILES string of the molecule is Cc1ccc(S(=O)(=O)N2CCC(c3nc(C(=O)Nc4cccnc4)cs3)CC2)cc1Cl. The van der Waals surface area contributed by atoms with Crippen molar-refractivity contribution in [3.05, 3.63) is 69.4 Å². The molecule has 1 aliphatic heterocycles. The van der Waals surface area contributed by atoms with E-state index in [1.807, 2.05) is 6.92 Å². The number of carbonyl (C=O) groups is 1. The van der Waals surface area contributed by atoms with Crippen LogP contribution in [0.15, 0.2) is 53.0 Å². The number of carbonyl (C=O) groups excluding carboxylic acids is 1. The summed E-state index contributed by atoms with van der Waals surface area (Å²) in [6, 6.07) is 8.32. The van der Waals surface area contributed by atoms with Crippen LogP contribution in [0.25, 0.3) is 0 Å². The van der Waals surface area contributed by atoms with Crippen LogP contribution in [0.1, 0.15) is 39.8 Å². The molecule has 31 heavy (non-hydrogen) atoms. The van der Waals surface area contributed by atoms with Crippen LogP contribution in [0.3, 0.4) is 0 Å². The second-order valence-corrected chi connectivity index (χ2v) is 10.6. The molecule has 162 valence electrons. The number of sulfonamides is 1. The third-order valence-corrected chi connectivity index (χ3v) is 8.57. The maximum atomic E-state index is 13.0. The third-order valence-electron chi connectivity index (χ3n) is 5.26. The van der Waals surface area contributed by atoms with Gasteiger partial charge in [-0.3, -0.25) is 9.78 Å². The number of rotatable bonds is 5. The summed E-state index contributed by atoms with van der Waals surface area (Å²) in [6.07, 6.45) is 4.51. The number of aromatic nitrogens is 2. The van der Waals surface area contributed by atoms with E-state index in [9.17, 15) is 13.2 Å². The van der Waals surface area contributed by atoms with Crippen molar-refractivity contribution >= 4 is 44.6 Å². The second kappa shape index (κ2) is 9.04. The number of nitrogens with zero attached hydrogens (tertiary/aromatic N) is 3. The molecular weight excluding hydrogens is 456 g/mol. The van der Waals surface area contributed by atoms with E-state index in [-0.39, 0.29) is 16.7 Å². The van der Waals surface area contributed by atoms with E-state index < -0.39 is 10.0 Å². The van der Waals surface area contributed by atoms with Gasteiger partial charge < -0.3 is 5.32 Å². The van der Waals surface area contributed by atoms with Crippen molar-refractivity contribution in [1.82, 2.24) is 14.3 Å². The van der Waals surface area contributed by atoms with Gasteiger partial charge in [0.2, 0.25) is 10.0 Å². The molecule has 0 bridgehead atoms. The summed E-state index contributed by atoms with van der Waals surface area (Å²) in [4.78, 5) is 21.1. The van der Waals surface area contributed by atoms with E-state index in [2.05, 4.69) is 15.3 Å². The fourth-order valence-corrected chi connectivity index (χ4v) is 6.15. The Kier molecular flexibility index (Phi) is 6.38. The minimum Gasteiger partial charge on any atom is -0.319 e. The summed E-state index contributed by atoms with van der Waals surface area (Å²) in [5, 5.41) is 5.80. The molecule has 3 heterocycles. The van der Waals surface area contributed by atoms with Crippen LogP contribution in [-0.4, -0.2) is 41.7 Å². The predicted molar refractivity (Wildman–Crippen MR) is 121 cm³/mol. The number of hydrogen-bond donors (Lipinski definition) is 1. The molecule has 2 aromatic heterocycles. The standard InChI is InChI=1S/C21H21ClN4O3S2/c1-14-4-5-17(11-18(14)22)31(28,29)26-9-6-15(7-10-26)21-25-19(13-30-21)20(27)24-16-3-2-8-23-12-16/h2-5,8,11-13,15H,6-7,9-10H2,1H3,(H,24,27). The Morgan fingerprint density at radius 2 is 2.03 bits per heavy atom. The molecule has 0 spiro atoms. The number of thiazole rings is 1.